The van der Waals surface area contributed by atoms with Crippen LogP contribution in [-0.4, -0.2) is 12.7 Å². The van der Waals surface area contributed by atoms with Gasteiger partial charge in [-0.3, -0.25) is 4.31 Å². The van der Waals surface area contributed by atoms with E-state index in [1.165, 1.54) is 9.87 Å². The molecular formula is C24H23NO2S. The van der Waals surface area contributed by atoms with E-state index in [0.717, 1.165) is 22.3 Å². The minimum Gasteiger partial charge on any atom is -0.265 e. The number of aryl methyl sites for hydroxylation is 2. The number of hydrogen-bond donors (Lipinski definition) is 0. The fourth-order valence-corrected chi connectivity index (χ4v) is 5.08. The monoisotopic (exact) mass is 389 g/mol. The van der Waals surface area contributed by atoms with Gasteiger partial charge in [0.05, 0.1) is 10.9 Å². The normalized spacial score (nSPS) is 16.9. The highest BCUT2D eigenvalue weighted by atomic mass is 32.2. The van der Waals surface area contributed by atoms with Gasteiger partial charge >= 0.3 is 0 Å². The summed E-state index contributed by atoms with van der Waals surface area (Å²) in [5.74, 6) is 0. The molecular weight excluding hydrogens is 366 g/mol. The Balaban J connectivity index is 1.79. The smallest absolute Gasteiger partial charge is 0.264 e. The minimum absolute atomic E-state index is 0.246. The molecule has 3 nitrogen and oxygen atoms in total. The van der Waals surface area contributed by atoms with Crippen molar-refractivity contribution in [2.75, 3.05) is 0 Å². The van der Waals surface area contributed by atoms with E-state index in [1.807, 2.05) is 56.3 Å². The van der Waals surface area contributed by atoms with Gasteiger partial charge in [0.15, 0.2) is 0 Å². The minimum atomic E-state index is -3.64. The lowest BCUT2D eigenvalue weighted by Gasteiger charge is -2.25. The van der Waals surface area contributed by atoms with Crippen molar-refractivity contribution in [3.05, 3.63) is 107 Å². The van der Waals surface area contributed by atoms with Gasteiger partial charge in [-0.2, -0.15) is 0 Å². The molecule has 0 aromatic heterocycles. The van der Waals surface area contributed by atoms with E-state index in [-0.39, 0.29) is 6.04 Å². The second kappa shape index (κ2) is 7.28. The molecule has 1 aliphatic heterocycles. The molecule has 4 heteroatoms. The summed E-state index contributed by atoms with van der Waals surface area (Å²) < 4.78 is 28.4. The molecule has 0 radical (unpaired) electrons. The Morgan fingerprint density at radius 1 is 0.786 bits per heavy atom. The first kappa shape index (κ1) is 18.5. The lowest BCUT2D eigenvalue weighted by atomic mass is 9.98. The molecule has 0 N–H and O–H groups in total. The van der Waals surface area contributed by atoms with Gasteiger partial charge in [0, 0.05) is 12.6 Å². The van der Waals surface area contributed by atoms with Crippen molar-refractivity contribution in [2.45, 2.75) is 31.2 Å². The molecule has 1 atom stereocenters. The third-order valence-electron chi connectivity index (χ3n) is 5.21. The van der Waals surface area contributed by atoms with Crippen molar-refractivity contribution >= 4 is 15.6 Å². The molecule has 1 aliphatic rings. The maximum atomic E-state index is 13.4. The topological polar surface area (TPSA) is 37.4 Å². The van der Waals surface area contributed by atoms with E-state index in [1.54, 1.807) is 18.3 Å². The molecule has 0 saturated heterocycles. The largest absolute Gasteiger partial charge is 0.265 e. The second-order valence-corrected chi connectivity index (χ2v) is 9.14. The van der Waals surface area contributed by atoms with Crippen LogP contribution < -0.4 is 0 Å². The molecule has 0 spiro atoms. The summed E-state index contributed by atoms with van der Waals surface area (Å²) in [4.78, 5) is 0.320. The first-order valence-corrected chi connectivity index (χ1v) is 10.8. The van der Waals surface area contributed by atoms with Crippen LogP contribution in [0.25, 0.3) is 5.57 Å². The van der Waals surface area contributed by atoms with Gasteiger partial charge in [0.25, 0.3) is 10.0 Å². The van der Waals surface area contributed by atoms with Crippen LogP contribution in [0.15, 0.2) is 90.0 Å². The van der Waals surface area contributed by atoms with Crippen LogP contribution in [0.3, 0.4) is 0 Å². The molecule has 142 valence electrons. The van der Waals surface area contributed by atoms with Crippen LogP contribution in [0.1, 0.15) is 34.7 Å². The predicted octanol–water partition coefficient (Wildman–Crippen LogP) is 5.48. The number of rotatable bonds is 4. The van der Waals surface area contributed by atoms with Gasteiger partial charge in [-0.1, -0.05) is 77.9 Å². The van der Waals surface area contributed by atoms with Crippen LogP contribution in [-0.2, 0) is 10.0 Å². The molecule has 28 heavy (non-hydrogen) atoms. The SMILES string of the molecule is Cc1ccc(C2=CN(S(=O)(=O)c3ccc(C)cc3)C(c3ccccc3)C2)cc1. The van der Waals surface area contributed by atoms with E-state index in [9.17, 15) is 8.42 Å². The Labute approximate surface area is 167 Å². The Bertz CT molecular complexity index is 1100. The molecule has 3 aromatic carbocycles. The van der Waals surface area contributed by atoms with Crippen molar-refractivity contribution in [1.29, 1.82) is 0 Å². The van der Waals surface area contributed by atoms with Crippen molar-refractivity contribution in [3.63, 3.8) is 0 Å². The summed E-state index contributed by atoms with van der Waals surface area (Å²) in [5.41, 5.74) is 5.32. The van der Waals surface area contributed by atoms with E-state index in [0.29, 0.717) is 11.3 Å². The van der Waals surface area contributed by atoms with Gasteiger partial charge < -0.3 is 0 Å². The number of hydrogen-bond acceptors (Lipinski definition) is 2. The molecule has 3 aromatic rings. The number of nitrogens with zero attached hydrogens (tertiary/aromatic N) is 1. The number of benzene rings is 3. The summed E-state index contributed by atoms with van der Waals surface area (Å²) in [7, 11) is -3.64. The van der Waals surface area contributed by atoms with Crippen molar-refractivity contribution in [1.82, 2.24) is 4.31 Å². The van der Waals surface area contributed by atoms with E-state index in [4.69, 9.17) is 0 Å². The fourth-order valence-electron chi connectivity index (χ4n) is 3.56. The Kier molecular flexibility index (Phi) is 4.82. The molecule has 4 rings (SSSR count). The second-order valence-electron chi connectivity index (χ2n) is 7.30. The summed E-state index contributed by atoms with van der Waals surface area (Å²) in [6.07, 6.45) is 2.45. The first-order valence-electron chi connectivity index (χ1n) is 9.38. The Morgan fingerprint density at radius 3 is 1.96 bits per heavy atom. The number of sulfonamides is 1. The molecule has 1 heterocycles. The zero-order valence-corrected chi connectivity index (χ0v) is 16.9. The quantitative estimate of drug-likeness (QED) is 0.592. The van der Waals surface area contributed by atoms with E-state index in [2.05, 4.69) is 24.3 Å². The van der Waals surface area contributed by atoms with Crippen LogP contribution in [0, 0.1) is 13.8 Å². The highest BCUT2D eigenvalue weighted by molar-refractivity contribution is 7.89. The molecule has 0 amide bonds. The molecule has 0 bridgehead atoms. The Hall–Kier alpha value is -2.85. The van der Waals surface area contributed by atoms with Crippen molar-refractivity contribution in [3.8, 4) is 0 Å². The van der Waals surface area contributed by atoms with Crippen LogP contribution in [0.5, 0.6) is 0 Å². The van der Waals surface area contributed by atoms with E-state index >= 15 is 0 Å². The maximum absolute atomic E-state index is 13.4. The van der Waals surface area contributed by atoms with Crippen molar-refractivity contribution in [2.24, 2.45) is 0 Å². The van der Waals surface area contributed by atoms with Gasteiger partial charge in [-0.25, -0.2) is 8.42 Å². The van der Waals surface area contributed by atoms with E-state index < -0.39 is 10.0 Å². The molecule has 0 aliphatic carbocycles. The highest BCUT2D eigenvalue weighted by Gasteiger charge is 2.35. The summed E-state index contributed by atoms with van der Waals surface area (Å²) in [6.45, 7) is 4.00. The maximum Gasteiger partial charge on any atom is 0.264 e. The average molecular weight is 390 g/mol. The Morgan fingerprint density at radius 2 is 1.36 bits per heavy atom. The van der Waals surface area contributed by atoms with Crippen LogP contribution in [0.4, 0.5) is 0 Å². The molecule has 0 saturated carbocycles. The fraction of sp³-hybridized carbons (Fsp3) is 0.167. The lowest BCUT2D eigenvalue weighted by Crippen LogP contribution is -2.27. The van der Waals surface area contributed by atoms with Crippen molar-refractivity contribution < 1.29 is 8.42 Å². The summed E-state index contributed by atoms with van der Waals surface area (Å²) in [6, 6.07) is 24.9. The average Bonchev–Trinajstić information content (AvgIpc) is 3.16. The van der Waals surface area contributed by atoms with Crippen LogP contribution >= 0.6 is 0 Å². The summed E-state index contributed by atoms with van der Waals surface area (Å²) >= 11 is 0. The lowest BCUT2D eigenvalue weighted by molar-refractivity contribution is 0.435. The van der Waals surface area contributed by atoms with Crippen LogP contribution in [0.2, 0.25) is 0 Å². The van der Waals surface area contributed by atoms with Gasteiger partial charge in [0.2, 0.25) is 0 Å². The van der Waals surface area contributed by atoms with Gasteiger partial charge in [0.1, 0.15) is 0 Å². The third-order valence-corrected chi connectivity index (χ3v) is 6.99. The zero-order chi connectivity index (χ0) is 19.7. The molecule has 0 fully saturated rings. The predicted molar refractivity (Wildman–Crippen MR) is 113 cm³/mol. The first-order chi connectivity index (χ1) is 13.4. The standard InChI is InChI=1S/C24H23NO2S/c1-18-8-12-20(13-9-18)22-16-24(21-6-4-3-5-7-21)25(17-22)28(26,27)23-14-10-19(2)11-15-23/h3-15,17,24H,16H2,1-2H3. The highest BCUT2D eigenvalue weighted by Crippen LogP contribution is 2.42. The van der Waals surface area contributed by atoms with Gasteiger partial charge in [-0.05, 0) is 42.7 Å². The molecule has 1 unspecified atom stereocenters. The zero-order valence-electron chi connectivity index (χ0n) is 16.0. The summed E-state index contributed by atoms with van der Waals surface area (Å²) in [5, 5.41) is 0. The third kappa shape index (κ3) is 3.48. The van der Waals surface area contributed by atoms with Gasteiger partial charge in [-0.15, -0.1) is 0 Å².